The molecule has 0 aromatic heterocycles. The normalized spacial score (nSPS) is 10.7. The number of rotatable bonds is 3. The van der Waals surface area contributed by atoms with Crippen LogP contribution in [0.5, 0.6) is 5.75 Å². The van der Waals surface area contributed by atoms with Crippen LogP contribution < -0.4 is 4.74 Å². The highest BCUT2D eigenvalue weighted by molar-refractivity contribution is 6.31. The van der Waals surface area contributed by atoms with E-state index in [-0.39, 0.29) is 0 Å². The molecule has 0 aliphatic carbocycles. The van der Waals surface area contributed by atoms with Crippen LogP contribution in [0, 0.1) is 6.92 Å². The lowest BCUT2D eigenvalue weighted by Gasteiger charge is -2.12. The summed E-state index contributed by atoms with van der Waals surface area (Å²) < 4.78 is 5.16. The van der Waals surface area contributed by atoms with Crippen molar-refractivity contribution in [1.29, 1.82) is 0 Å². The quantitative estimate of drug-likeness (QED) is 0.787. The summed E-state index contributed by atoms with van der Waals surface area (Å²) in [4.78, 5) is 0. The maximum Gasteiger partial charge on any atom is 0.122 e. The second-order valence-corrected chi connectivity index (χ2v) is 3.64. The van der Waals surface area contributed by atoms with Crippen molar-refractivity contribution in [3.05, 3.63) is 28.3 Å². The van der Waals surface area contributed by atoms with E-state index in [1.807, 2.05) is 19.1 Å². The highest BCUT2D eigenvalue weighted by Crippen LogP contribution is 2.26. The average molecular weight is 216 g/mol. The largest absolute Gasteiger partial charge is 0.496 e. The van der Waals surface area contributed by atoms with E-state index in [4.69, 9.17) is 21.5 Å². The third-order valence-corrected chi connectivity index (χ3v) is 2.31. The van der Waals surface area contributed by atoms with Crippen molar-refractivity contribution in [2.75, 3.05) is 14.2 Å². The lowest BCUT2D eigenvalue weighted by Crippen LogP contribution is -2.12. The van der Waals surface area contributed by atoms with Gasteiger partial charge >= 0.3 is 0 Å². The van der Waals surface area contributed by atoms with Crippen LogP contribution in [-0.4, -0.2) is 24.4 Å². The van der Waals surface area contributed by atoms with E-state index in [9.17, 15) is 0 Å². The Bertz CT molecular complexity index is 326. The van der Waals surface area contributed by atoms with Crippen LogP contribution in [0.1, 0.15) is 11.1 Å². The molecule has 0 saturated heterocycles. The molecule has 0 saturated carbocycles. The zero-order chi connectivity index (χ0) is 10.7. The Kier molecular flexibility index (Phi) is 3.75. The van der Waals surface area contributed by atoms with Gasteiger partial charge in [-0.05, 0) is 30.2 Å². The maximum atomic E-state index is 9.10. The smallest absolute Gasteiger partial charge is 0.122 e. The van der Waals surface area contributed by atoms with Gasteiger partial charge in [0.25, 0.3) is 0 Å². The van der Waals surface area contributed by atoms with E-state index in [2.05, 4.69) is 0 Å². The molecule has 0 radical (unpaired) electrons. The first-order chi connectivity index (χ1) is 6.54. The summed E-state index contributed by atoms with van der Waals surface area (Å²) >= 11 is 6.01. The van der Waals surface area contributed by atoms with Crippen LogP contribution in [0.25, 0.3) is 0 Å². The number of halogens is 1. The highest BCUT2D eigenvalue weighted by atomic mass is 35.5. The van der Waals surface area contributed by atoms with Gasteiger partial charge in [-0.1, -0.05) is 11.6 Å². The zero-order valence-electron chi connectivity index (χ0n) is 8.54. The monoisotopic (exact) mass is 215 g/mol. The molecule has 3 nitrogen and oxygen atoms in total. The molecular weight excluding hydrogens is 202 g/mol. The molecule has 0 spiro atoms. The van der Waals surface area contributed by atoms with Crippen LogP contribution in [-0.2, 0) is 6.54 Å². The minimum atomic E-state index is 0.384. The summed E-state index contributed by atoms with van der Waals surface area (Å²) in [5.74, 6) is 0.784. The molecule has 0 unspecified atom stereocenters. The summed E-state index contributed by atoms with van der Waals surface area (Å²) in [5, 5.41) is 10.8. The molecule has 14 heavy (non-hydrogen) atoms. The van der Waals surface area contributed by atoms with Gasteiger partial charge in [0.05, 0.1) is 13.7 Å². The van der Waals surface area contributed by atoms with Gasteiger partial charge in [-0.2, -0.15) is 5.06 Å². The number of hydrogen-bond donors (Lipinski definition) is 1. The van der Waals surface area contributed by atoms with Crippen LogP contribution >= 0.6 is 11.6 Å². The van der Waals surface area contributed by atoms with E-state index in [0.29, 0.717) is 11.6 Å². The molecule has 0 fully saturated rings. The van der Waals surface area contributed by atoms with E-state index in [1.165, 1.54) is 0 Å². The fourth-order valence-corrected chi connectivity index (χ4v) is 1.56. The Hall–Kier alpha value is -0.770. The molecule has 0 atom stereocenters. The topological polar surface area (TPSA) is 32.7 Å². The molecule has 1 rings (SSSR count). The van der Waals surface area contributed by atoms with Crippen molar-refractivity contribution in [2.45, 2.75) is 13.5 Å². The SMILES string of the molecule is COc1cc(CN(C)O)c(Cl)cc1C. The van der Waals surface area contributed by atoms with Gasteiger partial charge in [0.15, 0.2) is 0 Å². The van der Waals surface area contributed by atoms with Crippen molar-refractivity contribution in [3.63, 3.8) is 0 Å². The lowest BCUT2D eigenvalue weighted by molar-refractivity contribution is -0.0731. The van der Waals surface area contributed by atoms with Crippen LogP contribution in [0.3, 0.4) is 0 Å². The number of ether oxygens (including phenoxy) is 1. The van der Waals surface area contributed by atoms with Gasteiger partial charge in [-0.25, -0.2) is 0 Å². The molecule has 0 amide bonds. The Labute approximate surface area is 88.8 Å². The molecule has 1 aromatic rings. The van der Waals surface area contributed by atoms with Crippen molar-refractivity contribution in [2.24, 2.45) is 0 Å². The molecule has 1 aromatic carbocycles. The van der Waals surface area contributed by atoms with Crippen LogP contribution in [0.15, 0.2) is 12.1 Å². The summed E-state index contributed by atoms with van der Waals surface area (Å²) in [6.45, 7) is 2.31. The van der Waals surface area contributed by atoms with Crippen LogP contribution in [0.2, 0.25) is 5.02 Å². The lowest BCUT2D eigenvalue weighted by atomic mass is 10.1. The highest BCUT2D eigenvalue weighted by Gasteiger charge is 2.07. The molecule has 0 aliphatic rings. The fourth-order valence-electron chi connectivity index (χ4n) is 1.28. The standard InChI is InChI=1S/C10H14ClNO2/c1-7-4-9(11)8(6-12(2)13)5-10(7)14-3/h4-5,13H,6H2,1-3H3. The van der Waals surface area contributed by atoms with Crippen molar-refractivity contribution in [3.8, 4) is 5.75 Å². The van der Waals surface area contributed by atoms with Gasteiger partial charge in [0, 0.05) is 12.1 Å². The van der Waals surface area contributed by atoms with Gasteiger partial charge in [-0.15, -0.1) is 0 Å². The molecule has 0 bridgehead atoms. The number of aryl methyl sites for hydroxylation is 1. The van der Waals surface area contributed by atoms with Crippen molar-refractivity contribution < 1.29 is 9.94 Å². The third kappa shape index (κ3) is 2.61. The predicted molar refractivity (Wildman–Crippen MR) is 56.0 cm³/mol. The van der Waals surface area contributed by atoms with Gasteiger partial charge in [-0.3, -0.25) is 0 Å². The maximum absolute atomic E-state index is 9.10. The molecular formula is C10H14ClNO2. The Morgan fingerprint density at radius 3 is 2.64 bits per heavy atom. The van der Waals surface area contributed by atoms with Gasteiger partial charge < -0.3 is 9.94 Å². The summed E-state index contributed by atoms with van der Waals surface area (Å²) in [6, 6.07) is 3.67. The Morgan fingerprint density at radius 2 is 2.14 bits per heavy atom. The molecule has 78 valence electrons. The first-order valence-corrected chi connectivity index (χ1v) is 4.65. The fraction of sp³-hybridized carbons (Fsp3) is 0.400. The first-order valence-electron chi connectivity index (χ1n) is 4.27. The second kappa shape index (κ2) is 4.64. The third-order valence-electron chi connectivity index (χ3n) is 1.96. The van der Waals surface area contributed by atoms with Gasteiger partial charge in [0.1, 0.15) is 5.75 Å². The second-order valence-electron chi connectivity index (χ2n) is 3.23. The molecule has 1 N–H and O–H groups in total. The molecule has 0 aliphatic heterocycles. The summed E-state index contributed by atoms with van der Waals surface area (Å²) in [6.07, 6.45) is 0. The summed E-state index contributed by atoms with van der Waals surface area (Å²) in [7, 11) is 3.19. The van der Waals surface area contributed by atoms with E-state index < -0.39 is 0 Å². The number of hydroxylamine groups is 2. The minimum Gasteiger partial charge on any atom is -0.496 e. The number of hydrogen-bond acceptors (Lipinski definition) is 3. The van der Waals surface area contributed by atoms with E-state index in [1.54, 1.807) is 14.2 Å². The zero-order valence-corrected chi connectivity index (χ0v) is 9.30. The molecule has 4 heteroatoms. The van der Waals surface area contributed by atoms with Crippen molar-refractivity contribution >= 4 is 11.6 Å². The summed E-state index contributed by atoms with van der Waals surface area (Å²) in [5.41, 5.74) is 1.83. The van der Waals surface area contributed by atoms with Gasteiger partial charge in [0.2, 0.25) is 0 Å². The Morgan fingerprint density at radius 1 is 1.50 bits per heavy atom. The number of benzene rings is 1. The van der Waals surface area contributed by atoms with Crippen LogP contribution in [0.4, 0.5) is 0 Å². The minimum absolute atomic E-state index is 0.384. The van der Waals surface area contributed by atoms with E-state index >= 15 is 0 Å². The number of methoxy groups -OCH3 is 1. The Balaban J connectivity index is 3.04. The predicted octanol–water partition coefficient (Wildman–Crippen LogP) is 2.48. The van der Waals surface area contributed by atoms with E-state index in [0.717, 1.165) is 21.9 Å². The van der Waals surface area contributed by atoms with Crippen molar-refractivity contribution in [1.82, 2.24) is 5.06 Å². The molecule has 0 heterocycles. The first kappa shape index (κ1) is 11.3. The average Bonchev–Trinajstić information content (AvgIpc) is 2.09. The number of nitrogens with zero attached hydrogens (tertiary/aromatic N) is 1.